The maximum Gasteiger partial charge on any atom is 0.315 e. The third-order valence-electron chi connectivity index (χ3n) is 5.09. The monoisotopic (exact) mass is 380 g/mol. The molecule has 2 N–H and O–H groups in total. The first-order valence-electron chi connectivity index (χ1n) is 10.3. The topological polar surface area (TPSA) is 57.3 Å². The molecule has 2 amide bonds. The highest BCUT2D eigenvalue weighted by Gasteiger charge is 2.21. The van der Waals surface area contributed by atoms with E-state index in [9.17, 15) is 4.79 Å². The lowest BCUT2D eigenvalue weighted by atomic mass is 10.0. The maximum atomic E-state index is 12.2. The number of carbonyl (C=O) groups is 1. The summed E-state index contributed by atoms with van der Waals surface area (Å²) in [6, 6.07) is 12.9. The fourth-order valence-corrected chi connectivity index (χ4v) is 3.75. The second-order valence-electron chi connectivity index (χ2n) is 8.18. The van der Waals surface area contributed by atoms with Crippen LogP contribution in [0.4, 0.5) is 4.79 Å². The second kappa shape index (κ2) is 10.2. The predicted molar refractivity (Wildman–Crippen MR) is 113 cm³/mol. The van der Waals surface area contributed by atoms with Gasteiger partial charge in [-0.3, -0.25) is 9.88 Å². The summed E-state index contributed by atoms with van der Waals surface area (Å²) in [5.41, 5.74) is 3.75. The Morgan fingerprint density at radius 3 is 2.68 bits per heavy atom. The van der Waals surface area contributed by atoms with Crippen molar-refractivity contribution < 1.29 is 4.79 Å². The highest BCUT2D eigenvalue weighted by Crippen LogP contribution is 2.15. The van der Waals surface area contributed by atoms with Crippen LogP contribution in [-0.2, 0) is 19.5 Å². The van der Waals surface area contributed by atoms with Crippen LogP contribution in [0.1, 0.15) is 43.4 Å². The van der Waals surface area contributed by atoms with Gasteiger partial charge in [-0.15, -0.1) is 0 Å². The lowest BCUT2D eigenvalue weighted by molar-refractivity contribution is 0.180. The summed E-state index contributed by atoms with van der Waals surface area (Å²) in [6.07, 6.45) is 6.78. The Balaban J connectivity index is 1.44. The van der Waals surface area contributed by atoms with Gasteiger partial charge in [-0.25, -0.2) is 4.79 Å². The van der Waals surface area contributed by atoms with Gasteiger partial charge in [0.1, 0.15) is 0 Å². The second-order valence-corrected chi connectivity index (χ2v) is 8.18. The van der Waals surface area contributed by atoms with Crippen molar-refractivity contribution in [3.8, 4) is 0 Å². The largest absolute Gasteiger partial charge is 0.334 e. The first-order chi connectivity index (χ1) is 13.6. The summed E-state index contributed by atoms with van der Waals surface area (Å²) >= 11 is 0. The fraction of sp³-hybridized carbons (Fsp3) is 0.478. The summed E-state index contributed by atoms with van der Waals surface area (Å²) in [4.78, 5) is 18.7. The number of pyridine rings is 1. The summed E-state index contributed by atoms with van der Waals surface area (Å²) < 4.78 is 0. The van der Waals surface area contributed by atoms with Gasteiger partial charge in [0.25, 0.3) is 0 Å². The molecule has 1 aromatic carbocycles. The van der Waals surface area contributed by atoms with E-state index in [0.717, 1.165) is 44.5 Å². The third kappa shape index (κ3) is 6.64. The van der Waals surface area contributed by atoms with Crippen LogP contribution in [0.5, 0.6) is 0 Å². The summed E-state index contributed by atoms with van der Waals surface area (Å²) in [6.45, 7) is 7.93. The molecule has 0 saturated carbocycles. The van der Waals surface area contributed by atoms with E-state index in [1.165, 1.54) is 11.1 Å². The average Bonchev–Trinajstić information content (AvgIpc) is 2.69. The van der Waals surface area contributed by atoms with E-state index < -0.39 is 0 Å². The van der Waals surface area contributed by atoms with Gasteiger partial charge >= 0.3 is 6.03 Å². The van der Waals surface area contributed by atoms with Gasteiger partial charge in [-0.1, -0.05) is 44.2 Å². The SMILES string of the molecule is CC(C)Cc1ccc(CN2CCCC(NC(=O)NCc3cccnc3)C2)cc1. The Morgan fingerprint density at radius 1 is 1.18 bits per heavy atom. The van der Waals surface area contributed by atoms with Crippen molar-refractivity contribution in [3.05, 3.63) is 65.5 Å². The molecule has 5 heteroatoms. The van der Waals surface area contributed by atoms with Crippen LogP contribution in [-0.4, -0.2) is 35.0 Å². The van der Waals surface area contributed by atoms with E-state index in [-0.39, 0.29) is 12.1 Å². The molecule has 0 bridgehead atoms. The van der Waals surface area contributed by atoms with Crippen molar-refractivity contribution in [1.82, 2.24) is 20.5 Å². The Kier molecular flexibility index (Phi) is 7.43. The van der Waals surface area contributed by atoms with Crippen LogP contribution in [0.3, 0.4) is 0 Å². The molecule has 0 spiro atoms. The van der Waals surface area contributed by atoms with Gasteiger partial charge in [-0.05, 0) is 54.5 Å². The summed E-state index contributed by atoms with van der Waals surface area (Å²) in [7, 11) is 0. The molecule has 2 heterocycles. The van der Waals surface area contributed by atoms with Gasteiger partial charge < -0.3 is 10.6 Å². The molecule has 1 saturated heterocycles. The molecular weight excluding hydrogens is 348 g/mol. The number of hydrogen-bond acceptors (Lipinski definition) is 3. The number of carbonyl (C=O) groups excluding carboxylic acids is 1. The zero-order valence-electron chi connectivity index (χ0n) is 17.0. The number of benzene rings is 1. The molecule has 2 aromatic rings. The minimum atomic E-state index is -0.103. The van der Waals surface area contributed by atoms with Crippen molar-refractivity contribution in [1.29, 1.82) is 0 Å². The van der Waals surface area contributed by atoms with Crippen LogP contribution in [0.25, 0.3) is 0 Å². The molecule has 1 aliphatic rings. The number of nitrogens with zero attached hydrogens (tertiary/aromatic N) is 2. The minimum absolute atomic E-state index is 0.103. The molecule has 3 rings (SSSR count). The van der Waals surface area contributed by atoms with Gasteiger partial charge in [-0.2, -0.15) is 0 Å². The number of hydrogen-bond donors (Lipinski definition) is 2. The van der Waals surface area contributed by atoms with E-state index in [0.29, 0.717) is 12.5 Å². The number of rotatable bonds is 7. The number of nitrogens with one attached hydrogen (secondary N) is 2. The van der Waals surface area contributed by atoms with E-state index >= 15 is 0 Å². The molecular formula is C23H32N4O. The van der Waals surface area contributed by atoms with Crippen molar-refractivity contribution >= 4 is 6.03 Å². The molecule has 1 aromatic heterocycles. The molecule has 1 fully saturated rings. The van der Waals surface area contributed by atoms with Crippen molar-refractivity contribution in [2.45, 2.75) is 52.2 Å². The molecule has 0 radical (unpaired) electrons. The van der Waals surface area contributed by atoms with Gasteiger partial charge in [0.15, 0.2) is 0 Å². The van der Waals surface area contributed by atoms with E-state index in [1.54, 1.807) is 12.4 Å². The summed E-state index contributed by atoms with van der Waals surface area (Å²) in [5.74, 6) is 0.684. The van der Waals surface area contributed by atoms with Crippen LogP contribution in [0.2, 0.25) is 0 Å². The molecule has 28 heavy (non-hydrogen) atoms. The highest BCUT2D eigenvalue weighted by atomic mass is 16.2. The van der Waals surface area contributed by atoms with Gasteiger partial charge in [0.05, 0.1) is 0 Å². The highest BCUT2D eigenvalue weighted by molar-refractivity contribution is 5.74. The first kappa shape index (κ1) is 20.3. The van der Waals surface area contributed by atoms with Gasteiger partial charge in [0.2, 0.25) is 0 Å². The van der Waals surface area contributed by atoms with E-state index in [4.69, 9.17) is 0 Å². The standard InChI is InChI=1S/C23H32N4O/c1-18(2)13-19-7-9-20(10-8-19)16-27-12-4-6-22(17-27)26-23(28)25-15-21-5-3-11-24-14-21/h3,5,7-11,14,18,22H,4,6,12-13,15-17H2,1-2H3,(H2,25,26,28). The average molecular weight is 381 g/mol. The van der Waals surface area contributed by atoms with Crippen molar-refractivity contribution in [3.63, 3.8) is 0 Å². The third-order valence-corrected chi connectivity index (χ3v) is 5.09. The minimum Gasteiger partial charge on any atom is -0.334 e. The molecule has 0 aliphatic carbocycles. The van der Waals surface area contributed by atoms with Crippen LogP contribution in [0.15, 0.2) is 48.8 Å². The zero-order valence-corrected chi connectivity index (χ0v) is 17.0. The number of amides is 2. The number of piperidine rings is 1. The lowest BCUT2D eigenvalue weighted by Gasteiger charge is -2.33. The van der Waals surface area contributed by atoms with Crippen LogP contribution in [0, 0.1) is 5.92 Å². The van der Waals surface area contributed by atoms with E-state index in [1.807, 2.05) is 12.1 Å². The fourth-order valence-electron chi connectivity index (χ4n) is 3.75. The quantitative estimate of drug-likeness (QED) is 0.769. The first-order valence-corrected chi connectivity index (χ1v) is 10.3. The molecule has 150 valence electrons. The smallest absolute Gasteiger partial charge is 0.315 e. The lowest BCUT2D eigenvalue weighted by Crippen LogP contribution is -2.50. The number of likely N-dealkylation sites (tertiary alicyclic amines) is 1. The van der Waals surface area contributed by atoms with Crippen molar-refractivity contribution in [2.24, 2.45) is 5.92 Å². The predicted octanol–water partition coefficient (Wildman–Crippen LogP) is 3.74. The van der Waals surface area contributed by atoms with Crippen molar-refractivity contribution in [2.75, 3.05) is 13.1 Å². The zero-order chi connectivity index (χ0) is 19.8. The summed E-state index contributed by atoms with van der Waals surface area (Å²) in [5, 5.41) is 6.05. The Hall–Kier alpha value is -2.40. The van der Waals surface area contributed by atoms with Crippen LogP contribution < -0.4 is 10.6 Å². The van der Waals surface area contributed by atoms with Gasteiger partial charge in [0, 0.05) is 38.1 Å². The van der Waals surface area contributed by atoms with E-state index in [2.05, 4.69) is 58.6 Å². The van der Waals surface area contributed by atoms with Crippen LogP contribution >= 0.6 is 0 Å². The Bertz CT molecular complexity index is 730. The normalized spacial score (nSPS) is 17.5. The number of aromatic nitrogens is 1. The molecule has 1 unspecified atom stereocenters. The molecule has 1 aliphatic heterocycles. The Morgan fingerprint density at radius 2 is 1.96 bits per heavy atom. The molecule has 1 atom stereocenters. The Labute approximate surface area is 168 Å². The number of urea groups is 1. The maximum absolute atomic E-state index is 12.2. The molecule has 5 nitrogen and oxygen atoms in total.